The highest BCUT2D eigenvalue weighted by Crippen LogP contribution is 2.29. The van der Waals surface area contributed by atoms with Gasteiger partial charge >= 0.3 is 0 Å². The van der Waals surface area contributed by atoms with E-state index in [9.17, 15) is 0 Å². The van der Waals surface area contributed by atoms with E-state index in [1.54, 1.807) is 7.11 Å². The van der Waals surface area contributed by atoms with E-state index in [2.05, 4.69) is 30.4 Å². The van der Waals surface area contributed by atoms with Crippen LogP contribution in [0.2, 0.25) is 0 Å². The van der Waals surface area contributed by atoms with Crippen LogP contribution in [0, 0.1) is 20.8 Å². The van der Waals surface area contributed by atoms with Crippen LogP contribution in [0.1, 0.15) is 34.3 Å². The fourth-order valence-electron chi connectivity index (χ4n) is 2.52. The minimum Gasteiger partial charge on any atom is -0.496 e. The molecule has 0 bridgehead atoms. The van der Waals surface area contributed by atoms with Crippen LogP contribution in [-0.4, -0.2) is 14.2 Å². The van der Waals surface area contributed by atoms with Crippen molar-refractivity contribution in [1.82, 2.24) is 5.32 Å². The Morgan fingerprint density at radius 1 is 1.16 bits per heavy atom. The molecule has 102 valence electrons. The highest BCUT2D eigenvalue weighted by molar-refractivity contribution is 5.41. The number of nitrogens with one attached hydrogen (secondary N) is 1. The summed E-state index contributed by atoms with van der Waals surface area (Å²) in [4.78, 5) is 0. The summed E-state index contributed by atoms with van der Waals surface area (Å²) >= 11 is 0. The second-order valence-corrected chi connectivity index (χ2v) is 4.82. The third-order valence-electron chi connectivity index (χ3n) is 3.43. The number of ether oxygens (including phenoxy) is 1. The molecule has 1 aromatic carbocycles. The van der Waals surface area contributed by atoms with Gasteiger partial charge in [0.2, 0.25) is 0 Å². The maximum absolute atomic E-state index is 5.63. The standard InChI is InChI=1S/C16H21NO2/c1-10-8-13(6-7-15(10)18-5)16(17-4)14-9-11(2)19-12(14)3/h6-9,16-17H,1-5H3. The lowest BCUT2D eigenvalue weighted by Gasteiger charge is -2.17. The van der Waals surface area contributed by atoms with Crippen molar-refractivity contribution in [3.8, 4) is 5.75 Å². The first kappa shape index (κ1) is 13.7. The van der Waals surface area contributed by atoms with E-state index in [0.717, 1.165) is 22.8 Å². The molecule has 2 aromatic rings. The molecule has 0 spiro atoms. The number of hydrogen-bond donors (Lipinski definition) is 1. The molecule has 3 heteroatoms. The Morgan fingerprint density at radius 3 is 2.37 bits per heavy atom. The number of furan rings is 1. The van der Waals surface area contributed by atoms with Gasteiger partial charge < -0.3 is 14.5 Å². The Kier molecular flexibility index (Phi) is 3.96. The van der Waals surface area contributed by atoms with Crippen molar-refractivity contribution in [1.29, 1.82) is 0 Å². The molecule has 0 radical (unpaired) electrons. The van der Waals surface area contributed by atoms with Crippen molar-refractivity contribution in [3.63, 3.8) is 0 Å². The molecule has 1 unspecified atom stereocenters. The van der Waals surface area contributed by atoms with Gasteiger partial charge in [0.25, 0.3) is 0 Å². The van der Waals surface area contributed by atoms with Crippen LogP contribution >= 0.6 is 0 Å². The number of rotatable bonds is 4. The Labute approximate surface area is 114 Å². The number of methoxy groups -OCH3 is 1. The molecule has 0 fully saturated rings. The second kappa shape index (κ2) is 5.49. The van der Waals surface area contributed by atoms with Gasteiger partial charge in [0, 0.05) is 5.56 Å². The molecule has 0 amide bonds. The van der Waals surface area contributed by atoms with Gasteiger partial charge in [-0.3, -0.25) is 0 Å². The van der Waals surface area contributed by atoms with Crippen molar-refractivity contribution in [3.05, 3.63) is 52.5 Å². The lowest BCUT2D eigenvalue weighted by Crippen LogP contribution is -2.18. The van der Waals surface area contributed by atoms with Gasteiger partial charge in [-0.1, -0.05) is 12.1 Å². The number of hydrogen-bond acceptors (Lipinski definition) is 3. The number of aryl methyl sites for hydroxylation is 3. The second-order valence-electron chi connectivity index (χ2n) is 4.82. The van der Waals surface area contributed by atoms with Crippen molar-refractivity contribution >= 4 is 0 Å². The minimum atomic E-state index is 0.141. The highest BCUT2D eigenvalue weighted by Gasteiger charge is 2.18. The first-order valence-corrected chi connectivity index (χ1v) is 6.45. The molecule has 19 heavy (non-hydrogen) atoms. The molecule has 0 saturated heterocycles. The van der Waals surface area contributed by atoms with Crippen LogP contribution in [0.4, 0.5) is 0 Å². The normalized spacial score (nSPS) is 12.5. The first-order chi connectivity index (χ1) is 9.06. The Balaban J connectivity index is 2.42. The summed E-state index contributed by atoms with van der Waals surface area (Å²) in [5, 5.41) is 3.35. The summed E-state index contributed by atoms with van der Waals surface area (Å²) < 4.78 is 10.9. The molecule has 0 saturated carbocycles. The average molecular weight is 259 g/mol. The quantitative estimate of drug-likeness (QED) is 0.912. The van der Waals surface area contributed by atoms with Crippen LogP contribution in [0.15, 0.2) is 28.7 Å². The highest BCUT2D eigenvalue weighted by atomic mass is 16.5. The molecular formula is C16H21NO2. The zero-order valence-electron chi connectivity index (χ0n) is 12.2. The number of benzene rings is 1. The smallest absolute Gasteiger partial charge is 0.121 e. The van der Waals surface area contributed by atoms with Gasteiger partial charge in [-0.15, -0.1) is 0 Å². The van der Waals surface area contributed by atoms with Gasteiger partial charge in [-0.25, -0.2) is 0 Å². The summed E-state index contributed by atoms with van der Waals surface area (Å²) in [7, 11) is 3.66. The maximum Gasteiger partial charge on any atom is 0.121 e. The van der Waals surface area contributed by atoms with Crippen LogP contribution in [0.3, 0.4) is 0 Å². The van der Waals surface area contributed by atoms with E-state index < -0.39 is 0 Å². The SMILES string of the molecule is CNC(c1ccc(OC)c(C)c1)c1cc(C)oc1C. The van der Waals surface area contributed by atoms with Crippen LogP contribution in [0.25, 0.3) is 0 Å². The Bertz CT molecular complexity index is 572. The third-order valence-corrected chi connectivity index (χ3v) is 3.43. The monoisotopic (exact) mass is 259 g/mol. The molecule has 0 aliphatic rings. The van der Waals surface area contributed by atoms with Crippen LogP contribution < -0.4 is 10.1 Å². The first-order valence-electron chi connectivity index (χ1n) is 6.45. The fourth-order valence-corrected chi connectivity index (χ4v) is 2.52. The predicted octanol–water partition coefficient (Wildman–Crippen LogP) is 3.52. The molecule has 1 heterocycles. The van der Waals surface area contributed by atoms with Crippen molar-refractivity contribution < 1.29 is 9.15 Å². The van der Waals surface area contributed by atoms with Gasteiger partial charge in [0.1, 0.15) is 17.3 Å². The largest absolute Gasteiger partial charge is 0.496 e. The Hall–Kier alpha value is -1.74. The predicted molar refractivity (Wildman–Crippen MR) is 76.8 cm³/mol. The van der Waals surface area contributed by atoms with E-state index in [1.807, 2.05) is 27.0 Å². The van der Waals surface area contributed by atoms with Crippen LogP contribution in [0.5, 0.6) is 5.75 Å². The summed E-state index contributed by atoms with van der Waals surface area (Å²) in [6.07, 6.45) is 0. The molecule has 3 nitrogen and oxygen atoms in total. The molecule has 1 atom stereocenters. The van der Waals surface area contributed by atoms with E-state index in [4.69, 9.17) is 9.15 Å². The summed E-state index contributed by atoms with van der Waals surface area (Å²) in [6.45, 7) is 6.04. The van der Waals surface area contributed by atoms with Gasteiger partial charge in [0.05, 0.1) is 13.2 Å². The van der Waals surface area contributed by atoms with Crippen LogP contribution in [-0.2, 0) is 0 Å². The van der Waals surface area contributed by atoms with Gasteiger partial charge in [-0.2, -0.15) is 0 Å². The summed E-state index contributed by atoms with van der Waals surface area (Å²) in [5.41, 5.74) is 3.53. The molecule has 1 aromatic heterocycles. The maximum atomic E-state index is 5.63. The molecule has 2 rings (SSSR count). The van der Waals surface area contributed by atoms with E-state index in [0.29, 0.717) is 0 Å². The fraction of sp³-hybridized carbons (Fsp3) is 0.375. The van der Waals surface area contributed by atoms with Crippen molar-refractivity contribution in [2.24, 2.45) is 0 Å². The lowest BCUT2D eigenvalue weighted by molar-refractivity contribution is 0.411. The van der Waals surface area contributed by atoms with E-state index >= 15 is 0 Å². The third kappa shape index (κ3) is 2.66. The average Bonchev–Trinajstić information content (AvgIpc) is 2.70. The Morgan fingerprint density at radius 2 is 1.89 bits per heavy atom. The molecule has 0 aliphatic heterocycles. The molecule has 1 N–H and O–H groups in total. The zero-order valence-corrected chi connectivity index (χ0v) is 12.2. The van der Waals surface area contributed by atoms with Gasteiger partial charge in [0.15, 0.2) is 0 Å². The zero-order chi connectivity index (χ0) is 14.0. The summed E-state index contributed by atoms with van der Waals surface area (Å²) in [5.74, 6) is 2.82. The molecular weight excluding hydrogens is 238 g/mol. The van der Waals surface area contributed by atoms with Gasteiger partial charge in [-0.05, 0) is 51.1 Å². The van der Waals surface area contributed by atoms with Crippen molar-refractivity contribution in [2.45, 2.75) is 26.8 Å². The van der Waals surface area contributed by atoms with Crippen molar-refractivity contribution in [2.75, 3.05) is 14.2 Å². The lowest BCUT2D eigenvalue weighted by atomic mass is 9.97. The topological polar surface area (TPSA) is 34.4 Å². The van der Waals surface area contributed by atoms with E-state index in [-0.39, 0.29) is 6.04 Å². The summed E-state index contributed by atoms with van der Waals surface area (Å²) in [6, 6.07) is 8.49. The molecule has 0 aliphatic carbocycles. The minimum absolute atomic E-state index is 0.141. The van der Waals surface area contributed by atoms with E-state index in [1.165, 1.54) is 11.1 Å².